The first-order valence-corrected chi connectivity index (χ1v) is 7.34. The second-order valence-electron chi connectivity index (χ2n) is 5.39. The Bertz CT molecular complexity index is 953. The first-order chi connectivity index (χ1) is 11.0. The molecule has 0 amide bonds. The number of rotatable bonds is 3. The first-order valence-electron chi connectivity index (χ1n) is 7.34. The number of nitrogens with zero attached hydrogens (tertiary/aromatic N) is 2. The van der Waals surface area contributed by atoms with Crippen molar-refractivity contribution in [2.75, 3.05) is 0 Å². The molecule has 0 saturated carbocycles. The number of benzene rings is 1. The van der Waals surface area contributed by atoms with Crippen LogP contribution in [0.3, 0.4) is 0 Å². The SMILES string of the molecule is CCCc1cc2c(=O)c(-c3cn(C(C)=O)cn3)coc2cc1O. The minimum absolute atomic E-state index is 0.121. The smallest absolute Gasteiger partial charge is 0.228 e. The third-order valence-electron chi connectivity index (χ3n) is 3.72. The van der Waals surface area contributed by atoms with E-state index in [9.17, 15) is 14.7 Å². The zero-order valence-electron chi connectivity index (χ0n) is 12.9. The second-order valence-corrected chi connectivity index (χ2v) is 5.39. The molecule has 6 heteroatoms. The lowest BCUT2D eigenvalue weighted by Crippen LogP contribution is -2.06. The lowest BCUT2D eigenvalue weighted by molar-refractivity contribution is 0.0936. The van der Waals surface area contributed by atoms with Gasteiger partial charge in [0.2, 0.25) is 11.3 Å². The molecule has 3 rings (SSSR count). The van der Waals surface area contributed by atoms with Crippen LogP contribution in [0.15, 0.2) is 40.1 Å². The summed E-state index contributed by atoms with van der Waals surface area (Å²) in [4.78, 5) is 28.1. The Balaban J connectivity index is 2.19. The van der Waals surface area contributed by atoms with Crippen LogP contribution in [0.1, 0.15) is 30.6 Å². The van der Waals surface area contributed by atoms with Gasteiger partial charge in [0.25, 0.3) is 0 Å². The Morgan fingerprint density at radius 2 is 2.17 bits per heavy atom. The van der Waals surface area contributed by atoms with Crippen LogP contribution in [0, 0.1) is 0 Å². The summed E-state index contributed by atoms with van der Waals surface area (Å²) in [6.45, 7) is 3.41. The predicted molar refractivity (Wildman–Crippen MR) is 85.7 cm³/mol. The number of hydrogen-bond donors (Lipinski definition) is 1. The standard InChI is InChI=1S/C17H16N2O4/c1-3-4-11-5-12-16(6-15(11)21)23-8-13(17(12)22)14-7-19(9-18-14)10(2)20/h5-9,21H,3-4H2,1-2H3. The predicted octanol–water partition coefficient (Wildman–Crippen LogP) is 2.97. The minimum atomic E-state index is -0.239. The van der Waals surface area contributed by atoms with Crippen LogP contribution in [0.25, 0.3) is 22.2 Å². The van der Waals surface area contributed by atoms with Crippen molar-refractivity contribution in [1.29, 1.82) is 0 Å². The van der Waals surface area contributed by atoms with Crippen LogP contribution in [0.2, 0.25) is 0 Å². The summed E-state index contributed by atoms with van der Waals surface area (Å²) in [7, 11) is 0. The van der Waals surface area contributed by atoms with Gasteiger partial charge in [0.05, 0.1) is 16.6 Å². The van der Waals surface area contributed by atoms with E-state index in [0.29, 0.717) is 28.6 Å². The van der Waals surface area contributed by atoms with Crippen molar-refractivity contribution in [2.24, 2.45) is 0 Å². The fraction of sp³-hybridized carbons (Fsp3) is 0.235. The number of aromatic hydroxyl groups is 1. The van der Waals surface area contributed by atoms with Gasteiger partial charge in [-0.05, 0) is 18.1 Å². The number of phenolic OH excluding ortho intramolecular Hbond substituents is 1. The molecule has 2 heterocycles. The highest BCUT2D eigenvalue weighted by atomic mass is 16.3. The van der Waals surface area contributed by atoms with E-state index in [1.165, 1.54) is 36.3 Å². The van der Waals surface area contributed by atoms with Crippen molar-refractivity contribution < 1.29 is 14.3 Å². The van der Waals surface area contributed by atoms with Gasteiger partial charge >= 0.3 is 0 Å². The molecule has 23 heavy (non-hydrogen) atoms. The lowest BCUT2D eigenvalue weighted by Gasteiger charge is -2.06. The molecule has 6 nitrogen and oxygen atoms in total. The second kappa shape index (κ2) is 5.72. The van der Waals surface area contributed by atoms with Crippen molar-refractivity contribution >= 4 is 16.9 Å². The maximum Gasteiger partial charge on any atom is 0.228 e. The van der Waals surface area contributed by atoms with Crippen molar-refractivity contribution in [3.05, 3.63) is 46.7 Å². The summed E-state index contributed by atoms with van der Waals surface area (Å²) in [5.41, 5.74) is 1.45. The summed E-state index contributed by atoms with van der Waals surface area (Å²) in [6.07, 6.45) is 5.68. The number of carbonyl (C=O) groups excluding carboxylic acids is 1. The molecular weight excluding hydrogens is 296 g/mol. The minimum Gasteiger partial charge on any atom is -0.508 e. The van der Waals surface area contributed by atoms with Gasteiger partial charge in [0.15, 0.2) is 0 Å². The molecule has 0 saturated heterocycles. The lowest BCUT2D eigenvalue weighted by atomic mass is 10.0. The number of aromatic nitrogens is 2. The van der Waals surface area contributed by atoms with E-state index in [1.807, 2.05) is 6.92 Å². The summed E-state index contributed by atoms with van der Waals surface area (Å²) in [6, 6.07) is 3.12. The number of imidazole rings is 1. The van der Waals surface area contributed by atoms with E-state index in [0.717, 1.165) is 6.42 Å². The molecule has 0 spiro atoms. The van der Waals surface area contributed by atoms with Gasteiger partial charge in [-0.3, -0.25) is 14.2 Å². The molecule has 0 fully saturated rings. The van der Waals surface area contributed by atoms with Gasteiger partial charge in [0, 0.05) is 19.2 Å². The maximum atomic E-state index is 12.7. The van der Waals surface area contributed by atoms with Gasteiger partial charge < -0.3 is 9.52 Å². The molecule has 3 aromatic rings. The van der Waals surface area contributed by atoms with E-state index < -0.39 is 0 Å². The van der Waals surface area contributed by atoms with Gasteiger partial charge in [-0.2, -0.15) is 0 Å². The normalized spacial score (nSPS) is 11.0. The highest BCUT2D eigenvalue weighted by Crippen LogP contribution is 2.26. The van der Waals surface area contributed by atoms with E-state index in [-0.39, 0.29) is 22.6 Å². The molecule has 0 atom stereocenters. The van der Waals surface area contributed by atoms with Gasteiger partial charge in [-0.15, -0.1) is 0 Å². The molecule has 0 unspecified atom stereocenters. The van der Waals surface area contributed by atoms with E-state index in [2.05, 4.69) is 4.98 Å². The fourth-order valence-corrected chi connectivity index (χ4v) is 2.49. The Labute approximate surface area is 132 Å². The average molecular weight is 312 g/mol. The summed E-state index contributed by atoms with van der Waals surface area (Å²) < 4.78 is 6.77. The molecule has 0 aliphatic carbocycles. The maximum absolute atomic E-state index is 12.7. The molecule has 1 N–H and O–H groups in total. The summed E-state index contributed by atoms with van der Waals surface area (Å²) in [5, 5.41) is 10.4. The average Bonchev–Trinajstić information content (AvgIpc) is 2.99. The molecule has 2 aromatic heterocycles. The van der Waals surface area contributed by atoms with E-state index >= 15 is 0 Å². The number of aryl methyl sites for hydroxylation is 1. The van der Waals surface area contributed by atoms with Crippen LogP contribution in [0.4, 0.5) is 0 Å². The largest absolute Gasteiger partial charge is 0.508 e. The number of hydrogen-bond acceptors (Lipinski definition) is 5. The molecule has 1 aromatic carbocycles. The molecule has 0 bridgehead atoms. The van der Waals surface area contributed by atoms with Gasteiger partial charge in [-0.25, -0.2) is 4.98 Å². The monoisotopic (exact) mass is 312 g/mol. The Morgan fingerprint density at radius 3 is 2.83 bits per heavy atom. The molecule has 0 aliphatic heterocycles. The summed E-state index contributed by atoms with van der Waals surface area (Å²) >= 11 is 0. The summed E-state index contributed by atoms with van der Waals surface area (Å²) in [5.74, 6) is -0.0693. The van der Waals surface area contributed by atoms with Crippen molar-refractivity contribution in [1.82, 2.24) is 9.55 Å². The highest BCUT2D eigenvalue weighted by molar-refractivity contribution is 5.83. The molecule has 118 valence electrons. The van der Waals surface area contributed by atoms with Crippen LogP contribution < -0.4 is 5.43 Å². The Kier molecular flexibility index (Phi) is 3.73. The quantitative estimate of drug-likeness (QED) is 0.803. The van der Waals surface area contributed by atoms with Crippen LogP contribution in [-0.2, 0) is 6.42 Å². The third kappa shape index (κ3) is 2.63. The van der Waals surface area contributed by atoms with Crippen molar-refractivity contribution in [2.45, 2.75) is 26.7 Å². The van der Waals surface area contributed by atoms with Gasteiger partial charge in [-0.1, -0.05) is 13.3 Å². The number of carbonyl (C=O) groups is 1. The van der Waals surface area contributed by atoms with E-state index in [1.54, 1.807) is 6.07 Å². The Hall–Kier alpha value is -2.89. The van der Waals surface area contributed by atoms with Crippen LogP contribution >= 0.6 is 0 Å². The molecule has 0 radical (unpaired) electrons. The van der Waals surface area contributed by atoms with Crippen LogP contribution in [0.5, 0.6) is 5.75 Å². The number of fused-ring (bicyclic) bond motifs is 1. The van der Waals surface area contributed by atoms with Crippen molar-refractivity contribution in [3.8, 4) is 17.0 Å². The third-order valence-corrected chi connectivity index (χ3v) is 3.72. The molecular formula is C17H16N2O4. The van der Waals surface area contributed by atoms with E-state index in [4.69, 9.17) is 4.42 Å². The number of phenols is 1. The Morgan fingerprint density at radius 1 is 1.39 bits per heavy atom. The zero-order chi connectivity index (χ0) is 16.6. The van der Waals surface area contributed by atoms with Gasteiger partial charge in [0.1, 0.15) is 23.9 Å². The fourth-order valence-electron chi connectivity index (χ4n) is 2.49. The first kappa shape index (κ1) is 15.0. The van der Waals surface area contributed by atoms with Crippen molar-refractivity contribution in [3.63, 3.8) is 0 Å². The molecule has 0 aliphatic rings. The van der Waals surface area contributed by atoms with Crippen LogP contribution in [-0.4, -0.2) is 20.6 Å². The highest BCUT2D eigenvalue weighted by Gasteiger charge is 2.14. The topological polar surface area (TPSA) is 85.3 Å². The zero-order valence-corrected chi connectivity index (χ0v) is 12.9.